The Balaban J connectivity index is 2.45. The fraction of sp³-hybridized carbons (Fsp3) is 0.667. The van der Waals surface area contributed by atoms with E-state index in [1.165, 1.54) is 0 Å². The predicted molar refractivity (Wildman–Crippen MR) is 53.2 cm³/mol. The van der Waals surface area contributed by atoms with Crippen LogP contribution < -0.4 is 5.73 Å². The zero-order valence-corrected chi connectivity index (χ0v) is 8.57. The molecule has 1 aromatic heterocycles. The van der Waals surface area contributed by atoms with E-state index >= 15 is 0 Å². The maximum absolute atomic E-state index is 5.69. The van der Waals surface area contributed by atoms with Gasteiger partial charge in [0, 0.05) is 32.0 Å². The highest BCUT2D eigenvalue weighted by atomic mass is 15.2. The molecule has 4 heteroatoms. The minimum absolute atomic E-state index is 0.213. The molecule has 0 aliphatic rings. The standard InChI is InChI=1S/C9H18N4/c1-8(10)6-12(2)7-9-11-4-5-13(9)3/h4-5,8H,6-7,10H2,1-3H3/t8-/m1/s1. The molecule has 0 bridgehead atoms. The third kappa shape index (κ3) is 3.16. The molecule has 13 heavy (non-hydrogen) atoms. The number of imidazole rings is 1. The number of hydrogen-bond donors (Lipinski definition) is 1. The van der Waals surface area contributed by atoms with Crippen LogP contribution in [0.1, 0.15) is 12.7 Å². The lowest BCUT2D eigenvalue weighted by molar-refractivity contribution is 0.299. The van der Waals surface area contributed by atoms with Crippen molar-refractivity contribution in [3.63, 3.8) is 0 Å². The number of nitrogens with two attached hydrogens (primary N) is 1. The number of aryl methyl sites for hydroxylation is 1. The van der Waals surface area contributed by atoms with Crippen molar-refractivity contribution in [3.05, 3.63) is 18.2 Å². The van der Waals surface area contributed by atoms with E-state index in [1.54, 1.807) is 0 Å². The van der Waals surface area contributed by atoms with Crippen molar-refractivity contribution in [2.75, 3.05) is 13.6 Å². The van der Waals surface area contributed by atoms with Gasteiger partial charge < -0.3 is 10.3 Å². The summed E-state index contributed by atoms with van der Waals surface area (Å²) in [7, 11) is 4.06. The van der Waals surface area contributed by atoms with Crippen LogP contribution in [0.25, 0.3) is 0 Å². The van der Waals surface area contributed by atoms with E-state index in [2.05, 4.69) is 16.9 Å². The van der Waals surface area contributed by atoms with E-state index < -0.39 is 0 Å². The Morgan fingerprint density at radius 3 is 2.85 bits per heavy atom. The first-order valence-electron chi connectivity index (χ1n) is 4.50. The number of likely N-dealkylation sites (N-methyl/N-ethyl adjacent to an activating group) is 1. The number of hydrogen-bond acceptors (Lipinski definition) is 3. The monoisotopic (exact) mass is 182 g/mol. The van der Waals surface area contributed by atoms with Crippen LogP contribution in [-0.2, 0) is 13.6 Å². The second-order valence-corrected chi connectivity index (χ2v) is 3.63. The van der Waals surface area contributed by atoms with Crippen LogP contribution in [-0.4, -0.2) is 34.1 Å². The maximum Gasteiger partial charge on any atom is 0.122 e. The molecule has 0 fully saturated rings. The minimum atomic E-state index is 0.213. The summed E-state index contributed by atoms with van der Waals surface area (Å²) in [5.41, 5.74) is 5.69. The molecule has 0 radical (unpaired) electrons. The van der Waals surface area contributed by atoms with Crippen molar-refractivity contribution in [1.82, 2.24) is 14.5 Å². The Labute approximate surface area is 79.4 Å². The van der Waals surface area contributed by atoms with Gasteiger partial charge in [-0.2, -0.15) is 0 Å². The van der Waals surface area contributed by atoms with Crippen LogP contribution >= 0.6 is 0 Å². The number of aromatic nitrogens is 2. The highest BCUT2D eigenvalue weighted by Crippen LogP contribution is 1.99. The molecule has 0 spiro atoms. The Bertz CT molecular complexity index is 254. The molecule has 2 N–H and O–H groups in total. The Morgan fingerprint density at radius 1 is 1.69 bits per heavy atom. The van der Waals surface area contributed by atoms with Gasteiger partial charge in [-0.3, -0.25) is 4.90 Å². The summed E-state index contributed by atoms with van der Waals surface area (Å²) in [5, 5.41) is 0. The van der Waals surface area contributed by atoms with Crippen LogP contribution in [0, 0.1) is 0 Å². The quantitative estimate of drug-likeness (QED) is 0.723. The van der Waals surface area contributed by atoms with Gasteiger partial charge >= 0.3 is 0 Å². The van der Waals surface area contributed by atoms with Crippen LogP contribution in [0.4, 0.5) is 0 Å². The van der Waals surface area contributed by atoms with Crippen LogP contribution in [0.3, 0.4) is 0 Å². The van der Waals surface area contributed by atoms with Crippen molar-refractivity contribution in [3.8, 4) is 0 Å². The summed E-state index contributed by atoms with van der Waals surface area (Å²) in [6, 6.07) is 0.213. The molecule has 0 saturated carbocycles. The summed E-state index contributed by atoms with van der Waals surface area (Å²) < 4.78 is 2.03. The topological polar surface area (TPSA) is 47.1 Å². The first-order chi connectivity index (χ1) is 6.09. The molecule has 0 aliphatic carbocycles. The van der Waals surface area contributed by atoms with Crippen LogP contribution in [0.15, 0.2) is 12.4 Å². The summed E-state index contributed by atoms with van der Waals surface area (Å²) in [6.45, 7) is 3.76. The highest BCUT2D eigenvalue weighted by molar-refractivity contribution is 4.90. The average molecular weight is 182 g/mol. The lowest BCUT2D eigenvalue weighted by atomic mass is 10.3. The average Bonchev–Trinajstić information content (AvgIpc) is 2.34. The summed E-state index contributed by atoms with van der Waals surface area (Å²) >= 11 is 0. The molecular weight excluding hydrogens is 164 g/mol. The van der Waals surface area contributed by atoms with E-state index in [4.69, 9.17) is 5.73 Å². The molecule has 1 rings (SSSR count). The van der Waals surface area contributed by atoms with E-state index in [9.17, 15) is 0 Å². The summed E-state index contributed by atoms with van der Waals surface area (Å²) in [5.74, 6) is 1.07. The van der Waals surface area contributed by atoms with Gasteiger partial charge in [0.25, 0.3) is 0 Å². The zero-order chi connectivity index (χ0) is 9.84. The Hall–Kier alpha value is -0.870. The van der Waals surface area contributed by atoms with Crippen molar-refractivity contribution in [1.29, 1.82) is 0 Å². The first kappa shape index (κ1) is 10.2. The van der Waals surface area contributed by atoms with Gasteiger partial charge in [-0.1, -0.05) is 0 Å². The smallest absolute Gasteiger partial charge is 0.122 e. The molecule has 1 heterocycles. The highest BCUT2D eigenvalue weighted by Gasteiger charge is 2.05. The largest absolute Gasteiger partial charge is 0.337 e. The van der Waals surface area contributed by atoms with Crippen molar-refractivity contribution in [2.45, 2.75) is 19.5 Å². The fourth-order valence-electron chi connectivity index (χ4n) is 1.35. The lowest BCUT2D eigenvalue weighted by Gasteiger charge is -2.18. The second-order valence-electron chi connectivity index (χ2n) is 3.63. The predicted octanol–water partition coefficient (Wildman–Crippen LogP) is 0.199. The molecule has 0 aromatic carbocycles. The minimum Gasteiger partial charge on any atom is -0.337 e. The van der Waals surface area contributed by atoms with Crippen LogP contribution in [0.5, 0.6) is 0 Å². The molecule has 0 amide bonds. The summed E-state index contributed by atoms with van der Waals surface area (Å²) in [4.78, 5) is 6.42. The van der Waals surface area contributed by atoms with E-state index in [-0.39, 0.29) is 6.04 Å². The summed E-state index contributed by atoms with van der Waals surface area (Å²) in [6.07, 6.45) is 3.77. The molecule has 0 unspecified atom stereocenters. The van der Waals surface area contributed by atoms with E-state index in [0.29, 0.717) is 0 Å². The van der Waals surface area contributed by atoms with E-state index in [0.717, 1.165) is 18.9 Å². The van der Waals surface area contributed by atoms with Crippen LogP contribution in [0.2, 0.25) is 0 Å². The van der Waals surface area contributed by atoms with Gasteiger partial charge in [0.05, 0.1) is 6.54 Å². The van der Waals surface area contributed by atoms with Gasteiger partial charge in [0.2, 0.25) is 0 Å². The maximum atomic E-state index is 5.69. The molecule has 0 aliphatic heterocycles. The first-order valence-corrected chi connectivity index (χ1v) is 4.50. The SMILES string of the molecule is C[C@@H](N)CN(C)Cc1nccn1C. The molecule has 1 atom stereocenters. The van der Waals surface area contributed by atoms with E-state index in [1.807, 2.05) is 30.9 Å². The lowest BCUT2D eigenvalue weighted by Crippen LogP contribution is -2.33. The van der Waals surface area contributed by atoms with Crippen molar-refractivity contribution < 1.29 is 0 Å². The third-order valence-corrected chi connectivity index (χ3v) is 1.93. The van der Waals surface area contributed by atoms with Gasteiger partial charge in [0.15, 0.2) is 0 Å². The fourth-order valence-corrected chi connectivity index (χ4v) is 1.35. The molecule has 1 aromatic rings. The van der Waals surface area contributed by atoms with Gasteiger partial charge in [0.1, 0.15) is 5.82 Å². The third-order valence-electron chi connectivity index (χ3n) is 1.93. The number of rotatable bonds is 4. The van der Waals surface area contributed by atoms with Gasteiger partial charge in [-0.05, 0) is 14.0 Å². The van der Waals surface area contributed by atoms with Crippen molar-refractivity contribution >= 4 is 0 Å². The molecule has 0 saturated heterocycles. The second kappa shape index (κ2) is 4.39. The van der Waals surface area contributed by atoms with Crippen molar-refractivity contribution in [2.24, 2.45) is 12.8 Å². The van der Waals surface area contributed by atoms with Gasteiger partial charge in [-0.15, -0.1) is 0 Å². The van der Waals surface area contributed by atoms with Gasteiger partial charge in [-0.25, -0.2) is 4.98 Å². The normalized spacial score (nSPS) is 13.6. The zero-order valence-electron chi connectivity index (χ0n) is 8.57. The molecular formula is C9H18N4. The number of nitrogens with zero attached hydrogens (tertiary/aromatic N) is 3. The Morgan fingerprint density at radius 2 is 2.38 bits per heavy atom. The molecule has 74 valence electrons. The molecule has 4 nitrogen and oxygen atoms in total. The Kier molecular flexibility index (Phi) is 3.45.